The Labute approximate surface area is 172 Å². The van der Waals surface area contributed by atoms with Crippen LogP contribution in [-0.4, -0.2) is 48.3 Å². The molecule has 2 aromatic carbocycles. The fourth-order valence-electron chi connectivity index (χ4n) is 2.77. The molecular formula is C20H19ClN2O4S. The number of nitrogens with one attached hydrogen (secondary N) is 1. The Balaban J connectivity index is 1.58. The highest BCUT2D eigenvalue weighted by molar-refractivity contribution is 8.00. The maximum absolute atomic E-state index is 12.1. The van der Waals surface area contributed by atoms with E-state index in [1.54, 1.807) is 0 Å². The Morgan fingerprint density at radius 2 is 1.79 bits per heavy atom. The van der Waals surface area contributed by atoms with E-state index in [0.29, 0.717) is 11.6 Å². The van der Waals surface area contributed by atoms with Crippen molar-refractivity contribution < 1.29 is 19.1 Å². The molecule has 1 heterocycles. The maximum atomic E-state index is 12.1. The van der Waals surface area contributed by atoms with Gasteiger partial charge in [-0.3, -0.25) is 14.5 Å². The number of rotatable bonds is 7. The van der Waals surface area contributed by atoms with E-state index in [9.17, 15) is 14.4 Å². The van der Waals surface area contributed by atoms with Crippen molar-refractivity contribution in [1.82, 2.24) is 10.2 Å². The summed E-state index contributed by atoms with van der Waals surface area (Å²) in [6.45, 7) is 0.259. The third-order valence-corrected chi connectivity index (χ3v) is 5.69. The molecule has 2 aromatic rings. The molecule has 0 spiro atoms. The molecule has 1 N–H and O–H groups in total. The molecule has 0 bridgehead atoms. The quantitative estimate of drug-likeness (QED) is 0.698. The van der Waals surface area contributed by atoms with Gasteiger partial charge in [-0.2, -0.15) is 0 Å². The highest BCUT2D eigenvalue weighted by Gasteiger charge is 2.27. The zero-order valence-corrected chi connectivity index (χ0v) is 16.5. The number of carbonyl (C=O) groups is 3. The molecule has 0 aliphatic carbocycles. The van der Waals surface area contributed by atoms with Crippen molar-refractivity contribution >= 4 is 41.3 Å². The van der Waals surface area contributed by atoms with Crippen molar-refractivity contribution in [3.8, 4) is 0 Å². The predicted octanol–water partition coefficient (Wildman–Crippen LogP) is 3.26. The molecule has 6 nitrogen and oxygen atoms in total. The summed E-state index contributed by atoms with van der Waals surface area (Å²) in [5.41, 5.74) is 2.06. The molecule has 8 heteroatoms. The van der Waals surface area contributed by atoms with Crippen LogP contribution in [0.15, 0.2) is 54.6 Å². The van der Waals surface area contributed by atoms with Gasteiger partial charge in [0.15, 0.2) is 6.61 Å². The fourth-order valence-corrected chi connectivity index (χ4v) is 3.98. The van der Waals surface area contributed by atoms with E-state index in [1.165, 1.54) is 11.8 Å². The molecule has 146 valence electrons. The summed E-state index contributed by atoms with van der Waals surface area (Å²) in [6.07, 6.45) is 0. The van der Waals surface area contributed by atoms with Crippen LogP contribution in [0, 0.1) is 0 Å². The van der Waals surface area contributed by atoms with Gasteiger partial charge in [0.2, 0.25) is 0 Å². The Kier molecular flexibility index (Phi) is 6.95. The van der Waals surface area contributed by atoms with Crippen LogP contribution < -0.4 is 5.32 Å². The van der Waals surface area contributed by atoms with Crippen LogP contribution in [0.1, 0.15) is 16.4 Å². The number of carbonyl (C=O) groups excluding carboxylic acids is 3. The van der Waals surface area contributed by atoms with Crippen molar-refractivity contribution in [1.29, 1.82) is 0 Å². The third kappa shape index (κ3) is 5.27. The SMILES string of the molecule is O=C(CS[C@@H](c1ccccc1)c1ccc(Cl)cc1)OCC(=O)N1CCNC1=O. The largest absolute Gasteiger partial charge is 0.455 e. The number of halogens is 1. The van der Waals surface area contributed by atoms with Gasteiger partial charge in [-0.25, -0.2) is 4.79 Å². The first-order chi connectivity index (χ1) is 13.5. The van der Waals surface area contributed by atoms with Gasteiger partial charge in [0.1, 0.15) is 0 Å². The summed E-state index contributed by atoms with van der Waals surface area (Å²) >= 11 is 7.38. The average Bonchev–Trinajstić information content (AvgIpc) is 3.14. The lowest BCUT2D eigenvalue weighted by molar-refractivity contribution is -0.148. The molecule has 1 saturated heterocycles. The minimum atomic E-state index is -0.523. The first-order valence-corrected chi connectivity index (χ1v) is 10.1. The van der Waals surface area contributed by atoms with Crippen LogP contribution in [0.3, 0.4) is 0 Å². The third-order valence-electron chi connectivity index (χ3n) is 4.16. The van der Waals surface area contributed by atoms with Crippen LogP contribution in [0.2, 0.25) is 5.02 Å². The van der Waals surface area contributed by atoms with Crippen LogP contribution in [-0.2, 0) is 14.3 Å². The number of benzene rings is 2. The van der Waals surface area contributed by atoms with Crippen LogP contribution in [0.4, 0.5) is 4.79 Å². The average molecular weight is 419 g/mol. The summed E-state index contributed by atoms with van der Waals surface area (Å²) < 4.78 is 5.05. The zero-order chi connectivity index (χ0) is 19.9. The lowest BCUT2D eigenvalue weighted by Crippen LogP contribution is -2.37. The molecule has 1 aliphatic heterocycles. The van der Waals surface area contributed by atoms with Gasteiger partial charge in [-0.05, 0) is 23.3 Å². The summed E-state index contributed by atoms with van der Waals surface area (Å²) in [4.78, 5) is 36.6. The van der Waals surface area contributed by atoms with E-state index in [-0.39, 0.29) is 17.5 Å². The van der Waals surface area contributed by atoms with E-state index < -0.39 is 24.5 Å². The number of hydrogen-bond acceptors (Lipinski definition) is 5. The van der Waals surface area contributed by atoms with Gasteiger partial charge in [0.25, 0.3) is 5.91 Å². The first kappa shape index (κ1) is 20.2. The summed E-state index contributed by atoms with van der Waals surface area (Å²) in [6, 6.07) is 16.8. The Morgan fingerprint density at radius 3 is 2.43 bits per heavy atom. The first-order valence-electron chi connectivity index (χ1n) is 8.70. The van der Waals surface area contributed by atoms with Gasteiger partial charge in [0, 0.05) is 18.1 Å². The fraction of sp³-hybridized carbons (Fsp3) is 0.250. The molecule has 1 atom stereocenters. The topological polar surface area (TPSA) is 75.7 Å². The van der Waals surface area contributed by atoms with Gasteiger partial charge < -0.3 is 10.1 Å². The number of ether oxygens (including phenoxy) is 1. The standard InChI is InChI=1S/C20H19ClN2O4S/c21-16-8-6-15(7-9-16)19(14-4-2-1-3-5-14)28-13-18(25)27-12-17(24)23-11-10-22-20(23)26/h1-9,19H,10-13H2,(H,22,26)/t19-/m0/s1. The molecule has 1 fully saturated rings. The zero-order valence-electron chi connectivity index (χ0n) is 15.0. The number of esters is 1. The Hall–Kier alpha value is -2.51. The van der Waals surface area contributed by atoms with E-state index in [2.05, 4.69) is 5.32 Å². The Morgan fingerprint density at radius 1 is 1.11 bits per heavy atom. The van der Waals surface area contributed by atoms with Gasteiger partial charge >= 0.3 is 12.0 Å². The number of amides is 3. The van der Waals surface area contributed by atoms with Crippen LogP contribution >= 0.6 is 23.4 Å². The smallest absolute Gasteiger partial charge is 0.324 e. The highest BCUT2D eigenvalue weighted by Crippen LogP contribution is 2.36. The monoisotopic (exact) mass is 418 g/mol. The number of urea groups is 1. The Bertz CT molecular complexity index is 845. The molecule has 0 unspecified atom stereocenters. The molecule has 3 rings (SSSR count). The van der Waals surface area contributed by atoms with Crippen LogP contribution in [0.5, 0.6) is 0 Å². The lowest BCUT2D eigenvalue weighted by atomic mass is 10.0. The lowest BCUT2D eigenvalue weighted by Gasteiger charge is -2.18. The second-order valence-corrected chi connectivity index (χ2v) is 7.62. The maximum Gasteiger partial charge on any atom is 0.324 e. The van der Waals surface area contributed by atoms with Gasteiger partial charge in [-0.1, -0.05) is 54.1 Å². The second-order valence-electron chi connectivity index (χ2n) is 6.09. The number of imide groups is 1. The van der Waals surface area contributed by atoms with Crippen molar-refractivity contribution in [3.63, 3.8) is 0 Å². The molecule has 0 saturated carbocycles. The van der Waals surface area contributed by atoms with E-state index in [4.69, 9.17) is 16.3 Å². The van der Waals surface area contributed by atoms with Gasteiger partial charge in [-0.15, -0.1) is 11.8 Å². The molecule has 3 amide bonds. The minimum Gasteiger partial charge on any atom is -0.455 e. The van der Waals surface area contributed by atoms with Crippen molar-refractivity contribution in [2.24, 2.45) is 0 Å². The summed E-state index contributed by atoms with van der Waals surface area (Å²) in [7, 11) is 0. The van der Waals surface area contributed by atoms with Crippen molar-refractivity contribution in [2.75, 3.05) is 25.4 Å². The molecule has 1 aliphatic rings. The molecular weight excluding hydrogens is 400 g/mol. The van der Waals surface area contributed by atoms with E-state index >= 15 is 0 Å². The van der Waals surface area contributed by atoms with E-state index in [0.717, 1.165) is 16.0 Å². The second kappa shape index (κ2) is 9.61. The number of hydrogen-bond donors (Lipinski definition) is 1. The molecule has 0 radical (unpaired) electrons. The number of nitrogens with zero attached hydrogens (tertiary/aromatic N) is 1. The summed E-state index contributed by atoms with van der Waals surface area (Å²) in [5.74, 6) is -0.958. The normalized spacial score (nSPS) is 14.5. The van der Waals surface area contributed by atoms with Gasteiger partial charge in [0.05, 0.1) is 11.0 Å². The predicted molar refractivity (Wildman–Crippen MR) is 108 cm³/mol. The minimum absolute atomic E-state index is 0.0711. The highest BCUT2D eigenvalue weighted by atomic mass is 35.5. The molecule has 28 heavy (non-hydrogen) atoms. The molecule has 0 aromatic heterocycles. The summed E-state index contributed by atoms with van der Waals surface area (Å²) in [5, 5.41) is 3.10. The van der Waals surface area contributed by atoms with Crippen molar-refractivity contribution in [3.05, 3.63) is 70.7 Å². The van der Waals surface area contributed by atoms with Crippen LogP contribution in [0.25, 0.3) is 0 Å². The number of thioether (sulfide) groups is 1. The van der Waals surface area contributed by atoms with Crippen molar-refractivity contribution in [2.45, 2.75) is 5.25 Å². The van der Waals surface area contributed by atoms with E-state index in [1.807, 2.05) is 54.6 Å².